The molecule has 1 fully saturated rings. The highest BCUT2D eigenvalue weighted by Crippen LogP contribution is 2.32. The second kappa shape index (κ2) is 7.35. The normalized spacial score (nSPS) is 18.4. The summed E-state index contributed by atoms with van der Waals surface area (Å²) in [6, 6.07) is 4.85. The molecule has 1 heterocycles. The van der Waals surface area contributed by atoms with Crippen LogP contribution < -0.4 is 5.32 Å². The summed E-state index contributed by atoms with van der Waals surface area (Å²) < 4.78 is 37.6. The van der Waals surface area contributed by atoms with E-state index in [1.165, 1.54) is 6.07 Å². The molecule has 0 saturated carbocycles. The number of anilines is 1. The van der Waals surface area contributed by atoms with Crippen molar-refractivity contribution in [2.75, 3.05) is 25.5 Å². The van der Waals surface area contributed by atoms with Crippen LogP contribution in [-0.2, 0) is 6.54 Å². The van der Waals surface area contributed by atoms with Gasteiger partial charge in [-0.05, 0) is 43.5 Å². The van der Waals surface area contributed by atoms with Crippen LogP contribution in [0.1, 0.15) is 18.4 Å². The van der Waals surface area contributed by atoms with Gasteiger partial charge in [0.2, 0.25) is 0 Å². The van der Waals surface area contributed by atoms with Gasteiger partial charge in [-0.15, -0.1) is 0 Å². The molecule has 6 nitrogen and oxygen atoms in total. The van der Waals surface area contributed by atoms with Crippen molar-refractivity contribution in [3.63, 3.8) is 0 Å². The van der Waals surface area contributed by atoms with E-state index in [9.17, 15) is 28.4 Å². The molecule has 1 atom stereocenters. The van der Waals surface area contributed by atoms with Crippen molar-refractivity contribution in [1.29, 1.82) is 0 Å². The first-order valence-corrected chi connectivity index (χ1v) is 7.64. The summed E-state index contributed by atoms with van der Waals surface area (Å²) >= 11 is 0. The van der Waals surface area contributed by atoms with E-state index in [1.54, 1.807) is 19.2 Å². The molecule has 2 rings (SSSR count). The van der Waals surface area contributed by atoms with Crippen LogP contribution in [0.3, 0.4) is 0 Å². The molecular weight excluding hydrogens is 327 g/mol. The number of hydrogen-bond acceptors (Lipinski definition) is 5. The van der Waals surface area contributed by atoms with E-state index in [2.05, 4.69) is 5.32 Å². The molecule has 0 bridgehead atoms. The van der Waals surface area contributed by atoms with E-state index in [0.29, 0.717) is 25.3 Å². The maximum atomic E-state index is 12.5. The lowest BCUT2D eigenvalue weighted by Gasteiger charge is -2.34. The molecule has 0 spiro atoms. The third kappa shape index (κ3) is 4.35. The molecule has 0 aromatic heterocycles. The van der Waals surface area contributed by atoms with Crippen LogP contribution in [0.25, 0.3) is 0 Å². The molecule has 0 radical (unpaired) electrons. The van der Waals surface area contributed by atoms with Gasteiger partial charge < -0.3 is 10.4 Å². The molecule has 1 aliphatic heterocycles. The maximum absolute atomic E-state index is 12.5. The smallest absolute Gasteiger partial charge is 0.383 e. The minimum absolute atomic E-state index is 0.0302. The molecule has 2 N–H and O–H groups in total. The summed E-state index contributed by atoms with van der Waals surface area (Å²) in [6.07, 6.45) is -6.37. The topological polar surface area (TPSA) is 78.6 Å². The Labute approximate surface area is 137 Å². The first kappa shape index (κ1) is 18.5. The van der Waals surface area contributed by atoms with Crippen LogP contribution in [0.2, 0.25) is 0 Å². The molecule has 0 amide bonds. The number of nitro benzene ring substituents is 1. The lowest BCUT2D eigenvalue weighted by Crippen LogP contribution is -2.43. The SMILES string of the molecule is CNc1ccc(CN2CCC(C(O)C(F)(F)F)CC2)cc1[N+](=O)[O-]. The fourth-order valence-electron chi connectivity index (χ4n) is 2.99. The molecule has 0 aliphatic carbocycles. The van der Waals surface area contributed by atoms with E-state index in [4.69, 9.17) is 0 Å². The predicted molar refractivity (Wildman–Crippen MR) is 82.7 cm³/mol. The van der Waals surface area contributed by atoms with Crippen LogP contribution >= 0.6 is 0 Å². The van der Waals surface area contributed by atoms with Crippen molar-refractivity contribution in [2.45, 2.75) is 31.7 Å². The average molecular weight is 347 g/mol. The van der Waals surface area contributed by atoms with E-state index in [-0.39, 0.29) is 18.5 Å². The Morgan fingerprint density at radius 2 is 2.04 bits per heavy atom. The van der Waals surface area contributed by atoms with Gasteiger partial charge in [-0.2, -0.15) is 13.2 Å². The predicted octanol–water partition coefficient (Wildman–Crippen LogP) is 2.77. The number of hydrogen-bond donors (Lipinski definition) is 2. The number of nitrogens with one attached hydrogen (secondary N) is 1. The van der Waals surface area contributed by atoms with E-state index < -0.39 is 23.1 Å². The van der Waals surface area contributed by atoms with Gasteiger partial charge in [-0.3, -0.25) is 15.0 Å². The molecule has 1 saturated heterocycles. The molecule has 1 unspecified atom stereocenters. The van der Waals surface area contributed by atoms with Gasteiger partial charge in [0.05, 0.1) is 4.92 Å². The zero-order chi connectivity index (χ0) is 17.9. The molecule has 9 heteroatoms. The Kier molecular flexibility index (Phi) is 5.66. The Hall–Kier alpha value is -1.87. The zero-order valence-electron chi connectivity index (χ0n) is 13.2. The van der Waals surface area contributed by atoms with Crippen LogP contribution in [0.15, 0.2) is 18.2 Å². The fraction of sp³-hybridized carbons (Fsp3) is 0.600. The molecule has 1 aliphatic rings. The Bertz CT molecular complexity index is 587. The number of piperidine rings is 1. The summed E-state index contributed by atoms with van der Waals surface area (Å²) in [4.78, 5) is 12.5. The number of halogens is 3. The summed E-state index contributed by atoms with van der Waals surface area (Å²) in [5.74, 6) is -0.790. The van der Waals surface area contributed by atoms with Gasteiger partial charge in [0.25, 0.3) is 5.69 Å². The maximum Gasteiger partial charge on any atom is 0.414 e. The first-order chi connectivity index (χ1) is 11.2. The number of likely N-dealkylation sites (tertiary alicyclic amines) is 1. The van der Waals surface area contributed by atoms with Crippen LogP contribution in [0, 0.1) is 16.0 Å². The second-order valence-electron chi connectivity index (χ2n) is 5.96. The van der Waals surface area contributed by atoms with Crippen LogP contribution in [0.4, 0.5) is 24.5 Å². The number of aliphatic hydroxyl groups excluding tert-OH is 1. The van der Waals surface area contributed by atoms with Crippen molar-refractivity contribution >= 4 is 11.4 Å². The third-order valence-electron chi connectivity index (χ3n) is 4.35. The monoisotopic (exact) mass is 347 g/mol. The summed E-state index contributed by atoms with van der Waals surface area (Å²) in [5, 5.41) is 23.1. The zero-order valence-corrected chi connectivity index (χ0v) is 13.2. The van der Waals surface area contributed by atoms with Gasteiger partial charge in [0, 0.05) is 19.7 Å². The number of nitro groups is 1. The fourth-order valence-corrected chi connectivity index (χ4v) is 2.99. The number of aliphatic hydroxyl groups is 1. The minimum Gasteiger partial charge on any atom is -0.383 e. The van der Waals surface area contributed by atoms with Crippen molar-refractivity contribution < 1.29 is 23.2 Å². The summed E-state index contributed by atoms with van der Waals surface area (Å²) in [7, 11) is 1.60. The standard InChI is InChI=1S/C15H20F3N3O3/c1-19-12-3-2-10(8-13(12)21(23)24)9-20-6-4-11(5-7-20)14(22)15(16,17)18/h2-3,8,11,14,19,22H,4-7,9H2,1H3. The summed E-state index contributed by atoms with van der Waals surface area (Å²) in [6.45, 7) is 1.26. The number of rotatable bonds is 5. The van der Waals surface area contributed by atoms with Crippen LogP contribution in [-0.4, -0.2) is 47.3 Å². The first-order valence-electron chi connectivity index (χ1n) is 7.64. The van der Waals surface area contributed by atoms with Crippen molar-refractivity contribution in [2.24, 2.45) is 5.92 Å². The molecule has 134 valence electrons. The van der Waals surface area contributed by atoms with E-state index in [0.717, 1.165) is 5.56 Å². The quantitative estimate of drug-likeness (QED) is 0.632. The molecule has 1 aromatic carbocycles. The van der Waals surface area contributed by atoms with Gasteiger partial charge in [0.15, 0.2) is 6.10 Å². The second-order valence-corrected chi connectivity index (χ2v) is 5.96. The van der Waals surface area contributed by atoms with Crippen LogP contribution in [0.5, 0.6) is 0 Å². The highest BCUT2D eigenvalue weighted by atomic mass is 19.4. The Morgan fingerprint density at radius 3 is 2.54 bits per heavy atom. The average Bonchev–Trinajstić information content (AvgIpc) is 2.54. The largest absolute Gasteiger partial charge is 0.414 e. The van der Waals surface area contributed by atoms with Crippen molar-refractivity contribution in [3.05, 3.63) is 33.9 Å². The Morgan fingerprint density at radius 1 is 1.42 bits per heavy atom. The highest BCUT2D eigenvalue weighted by Gasteiger charge is 2.44. The van der Waals surface area contributed by atoms with Gasteiger partial charge in [-0.25, -0.2) is 0 Å². The van der Waals surface area contributed by atoms with Gasteiger partial charge in [-0.1, -0.05) is 6.07 Å². The number of nitrogens with zero attached hydrogens (tertiary/aromatic N) is 2. The Balaban J connectivity index is 1.97. The lowest BCUT2D eigenvalue weighted by molar-refractivity contribution is -0.384. The van der Waals surface area contributed by atoms with Crippen molar-refractivity contribution in [1.82, 2.24) is 4.90 Å². The lowest BCUT2D eigenvalue weighted by atomic mass is 9.90. The van der Waals surface area contributed by atoms with E-state index >= 15 is 0 Å². The number of alkyl halides is 3. The highest BCUT2D eigenvalue weighted by molar-refractivity contribution is 5.62. The van der Waals surface area contributed by atoms with E-state index in [1.807, 2.05) is 4.90 Å². The third-order valence-corrected chi connectivity index (χ3v) is 4.35. The molecule has 1 aromatic rings. The minimum atomic E-state index is -4.59. The van der Waals surface area contributed by atoms with Gasteiger partial charge >= 0.3 is 6.18 Å². The summed E-state index contributed by atoms with van der Waals surface area (Å²) in [5.41, 5.74) is 1.11. The molecular formula is C15H20F3N3O3. The molecule has 24 heavy (non-hydrogen) atoms. The number of benzene rings is 1. The van der Waals surface area contributed by atoms with Gasteiger partial charge in [0.1, 0.15) is 5.69 Å². The van der Waals surface area contributed by atoms with Crippen molar-refractivity contribution in [3.8, 4) is 0 Å².